The summed E-state index contributed by atoms with van der Waals surface area (Å²) in [6, 6.07) is 8.27. The van der Waals surface area contributed by atoms with Crippen molar-refractivity contribution in [2.24, 2.45) is 0 Å². The Balaban J connectivity index is 2.16. The van der Waals surface area contributed by atoms with Gasteiger partial charge in [0.25, 0.3) is 0 Å². The first-order chi connectivity index (χ1) is 7.86. The monoisotopic (exact) mass is 284 g/mol. The van der Waals surface area contributed by atoms with Gasteiger partial charge in [0.05, 0.1) is 6.61 Å². The van der Waals surface area contributed by atoms with E-state index in [9.17, 15) is 0 Å². The first-order valence-electron chi connectivity index (χ1n) is 6.14. The van der Waals surface area contributed by atoms with E-state index in [2.05, 4.69) is 35.0 Å². The minimum Gasteiger partial charge on any atom is -0.494 e. The lowest BCUT2D eigenvalue weighted by Gasteiger charge is -2.06. The van der Waals surface area contributed by atoms with Gasteiger partial charge in [-0.15, -0.1) is 0 Å². The Kier molecular flexibility index (Phi) is 7.32. The molecule has 1 rings (SSSR count). The van der Waals surface area contributed by atoms with Crippen LogP contribution in [-0.2, 0) is 5.33 Å². The fraction of sp³-hybridized carbons (Fsp3) is 0.571. The third-order valence-electron chi connectivity index (χ3n) is 2.57. The summed E-state index contributed by atoms with van der Waals surface area (Å²) in [6.45, 7) is 3.08. The Hall–Kier alpha value is -0.500. The molecule has 0 radical (unpaired) electrons. The molecule has 0 atom stereocenters. The second kappa shape index (κ2) is 8.63. The molecule has 0 aromatic heterocycles. The molecule has 16 heavy (non-hydrogen) atoms. The Bertz CT molecular complexity index is 286. The lowest BCUT2D eigenvalue weighted by molar-refractivity contribution is 0.304. The fourth-order valence-corrected chi connectivity index (χ4v) is 1.96. The minimum absolute atomic E-state index is 0.843. The van der Waals surface area contributed by atoms with Crippen molar-refractivity contribution in [3.8, 4) is 5.75 Å². The largest absolute Gasteiger partial charge is 0.494 e. The summed E-state index contributed by atoms with van der Waals surface area (Å²) < 4.78 is 5.71. The van der Waals surface area contributed by atoms with Crippen LogP contribution in [0.4, 0.5) is 0 Å². The Morgan fingerprint density at radius 3 is 2.69 bits per heavy atom. The topological polar surface area (TPSA) is 9.23 Å². The molecule has 0 bridgehead atoms. The van der Waals surface area contributed by atoms with E-state index >= 15 is 0 Å². The van der Waals surface area contributed by atoms with Gasteiger partial charge in [0.15, 0.2) is 0 Å². The molecule has 0 unspecified atom stereocenters. The molecule has 0 aliphatic carbocycles. The first-order valence-corrected chi connectivity index (χ1v) is 7.26. The Morgan fingerprint density at radius 2 is 1.94 bits per heavy atom. The SMILES string of the molecule is CCCCCCCOc1cccc(CBr)c1. The quantitative estimate of drug-likeness (QED) is 0.486. The summed E-state index contributed by atoms with van der Waals surface area (Å²) in [6.07, 6.45) is 6.43. The Morgan fingerprint density at radius 1 is 1.12 bits per heavy atom. The third kappa shape index (κ3) is 5.55. The maximum Gasteiger partial charge on any atom is 0.119 e. The average Bonchev–Trinajstić information content (AvgIpc) is 2.34. The molecule has 0 amide bonds. The summed E-state index contributed by atoms with van der Waals surface area (Å²) in [5.41, 5.74) is 1.27. The fourth-order valence-electron chi connectivity index (χ4n) is 1.61. The molecule has 2 heteroatoms. The van der Waals surface area contributed by atoms with Crippen LogP contribution in [0.3, 0.4) is 0 Å². The van der Waals surface area contributed by atoms with Gasteiger partial charge in [0.1, 0.15) is 5.75 Å². The number of hydrogen-bond acceptors (Lipinski definition) is 1. The highest BCUT2D eigenvalue weighted by molar-refractivity contribution is 9.08. The maximum absolute atomic E-state index is 5.71. The molecule has 1 aromatic carbocycles. The molecular formula is C14H21BrO. The van der Waals surface area contributed by atoms with Crippen LogP contribution in [0.2, 0.25) is 0 Å². The van der Waals surface area contributed by atoms with Crippen molar-refractivity contribution in [3.05, 3.63) is 29.8 Å². The van der Waals surface area contributed by atoms with Gasteiger partial charge < -0.3 is 4.74 Å². The number of halogens is 1. The molecule has 0 fully saturated rings. The van der Waals surface area contributed by atoms with E-state index in [-0.39, 0.29) is 0 Å². The van der Waals surface area contributed by atoms with Crippen molar-refractivity contribution >= 4 is 15.9 Å². The van der Waals surface area contributed by atoms with E-state index in [0.29, 0.717) is 0 Å². The van der Waals surface area contributed by atoms with Gasteiger partial charge in [0, 0.05) is 5.33 Å². The van der Waals surface area contributed by atoms with Crippen LogP contribution in [0.1, 0.15) is 44.6 Å². The van der Waals surface area contributed by atoms with E-state index < -0.39 is 0 Å². The van der Waals surface area contributed by atoms with Crippen molar-refractivity contribution in [3.63, 3.8) is 0 Å². The van der Waals surface area contributed by atoms with Crippen LogP contribution < -0.4 is 4.74 Å². The maximum atomic E-state index is 5.71. The number of rotatable bonds is 8. The van der Waals surface area contributed by atoms with Crippen LogP contribution in [0.15, 0.2) is 24.3 Å². The van der Waals surface area contributed by atoms with Gasteiger partial charge in [-0.05, 0) is 24.1 Å². The second-order valence-electron chi connectivity index (χ2n) is 4.04. The van der Waals surface area contributed by atoms with E-state index in [1.165, 1.54) is 37.7 Å². The zero-order chi connectivity index (χ0) is 11.6. The van der Waals surface area contributed by atoms with Crippen LogP contribution in [0.25, 0.3) is 0 Å². The molecule has 0 aliphatic heterocycles. The van der Waals surface area contributed by atoms with Gasteiger partial charge in [0.2, 0.25) is 0 Å². The highest BCUT2D eigenvalue weighted by Gasteiger charge is 1.96. The summed E-state index contributed by atoms with van der Waals surface area (Å²) >= 11 is 3.45. The van der Waals surface area contributed by atoms with Crippen molar-refractivity contribution in [2.45, 2.75) is 44.4 Å². The van der Waals surface area contributed by atoms with E-state index in [0.717, 1.165) is 17.7 Å². The predicted molar refractivity (Wildman–Crippen MR) is 73.3 cm³/mol. The molecule has 0 spiro atoms. The molecule has 0 saturated carbocycles. The molecule has 0 N–H and O–H groups in total. The normalized spacial score (nSPS) is 10.4. The lowest BCUT2D eigenvalue weighted by Crippen LogP contribution is -1.97. The van der Waals surface area contributed by atoms with Crippen LogP contribution in [0, 0.1) is 0 Å². The van der Waals surface area contributed by atoms with Gasteiger partial charge in [-0.25, -0.2) is 0 Å². The zero-order valence-corrected chi connectivity index (χ0v) is 11.6. The number of benzene rings is 1. The van der Waals surface area contributed by atoms with Crippen LogP contribution in [-0.4, -0.2) is 6.61 Å². The standard InChI is InChI=1S/C14H21BrO/c1-2-3-4-5-6-10-16-14-9-7-8-13(11-14)12-15/h7-9,11H,2-6,10,12H2,1H3. The van der Waals surface area contributed by atoms with Gasteiger partial charge in [-0.1, -0.05) is 60.7 Å². The summed E-state index contributed by atoms with van der Waals surface area (Å²) in [4.78, 5) is 0. The number of alkyl halides is 1. The smallest absolute Gasteiger partial charge is 0.119 e. The number of unbranched alkanes of at least 4 members (excludes halogenated alkanes) is 4. The molecule has 0 aliphatic rings. The molecule has 90 valence electrons. The second-order valence-corrected chi connectivity index (χ2v) is 4.60. The molecule has 1 nitrogen and oxygen atoms in total. The first kappa shape index (κ1) is 13.6. The van der Waals surface area contributed by atoms with Gasteiger partial charge in [-0.2, -0.15) is 0 Å². The molecule has 0 saturated heterocycles. The summed E-state index contributed by atoms with van der Waals surface area (Å²) in [5, 5.41) is 0.890. The van der Waals surface area contributed by atoms with E-state index in [1.54, 1.807) is 0 Å². The highest BCUT2D eigenvalue weighted by Crippen LogP contribution is 2.16. The van der Waals surface area contributed by atoms with Crippen LogP contribution in [0.5, 0.6) is 5.75 Å². The van der Waals surface area contributed by atoms with Gasteiger partial charge >= 0.3 is 0 Å². The lowest BCUT2D eigenvalue weighted by atomic mass is 10.2. The highest BCUT2D eigenvalue weighted by atomic mass is 79.9. The Labute approximate surface area is 107 Å². The number of hydrogen-bond donors (Lipinski definition) is 0. The van der Waals surface area contributed by atoms with Gasteiger partial charge in [-0.3, -0.25) is 0 Å². The molecule has 1 aromatic rings. The van der Waals surface area contributed by atoms with E-state index in [4.69, 9.17) is 4.74 Å². The average molecular weight is 285 g/mol. The molecule has 0 heterocycles. The zero-order valence-electron chi connectivity index (χ0n) is 10.0. The van der Waals surface area contributed by atoms with Crippen molar-refractivity contribution in [1.29, 1.82) is 0 Å². The predicted octanol–water partition coefficient (Wildman–Crippen LogP) is 4.93. The minimum atomic E-state index is 0.843. The molecular weight excluding hydrogens is 264 g/mol. The number of ether oxygens (including phenoxy) is 1. The van der Waals surface area contributed by atoms with Crippen molar-refractivity contribution in [1.82, 2.24) is 0 Å². The van der Waals surface area contributed by atoms with Crippen LogP contribution >= 0.6 is 15.9 Å². The van der Waals surface area contributed by atoms with Crippen molar-refractivity contribution < 1.29 is 4.74 Å². The van der Waals surface area contributed by atoms with E-state index in [1.807, 2.05) is 12.1 Å². The third-order valence-corrected chi connectivity index (χ3v) is 3.22. The summed E-state index contributed by atoms with van der Waals surface area (Å²) in [7, 11) is 0. The summed E-state index contributed by atoms with van der Waals surface area (Å²) in [5.74, 6) is 0.993. The van der Waals surface area contributed by atoms with Crippen molar-refractivity contribution in [2.75, 3.05) is 6.61 Å².